The second-order valence-electron chi connectivity index (χ2n) is 5.25. The van der Waals surface area contributed by atoms with Crippen molar-refractivity contribution >= 4 is 22.2 Å². The van der Waals surface area contributed by atoms with E-state index in [4.69, 9.17) is 4.98 Å². The van der Waals surface area contributed by atoms with Gasteiger partial charge in [0, 0.05) is 10.3 Å². The van der Waals surface area contributed by atoms with Crippen LogP contribution in [0.3, 0.4) is 0 Å². The Hall–Kier alpha value is -1.71. The zero-order valence-electron chi connectivity index (χ0n) is 12.5. The fourth-order valence-electron chi connectivity index (χ4n) is 2.60. The molecule has 0 aliphatic rings. The van der Waals surface area contributed by atoms with Crippen molar-refractivity contribution in [1.82, 2.24) is 10.3 Å². The van der Waals surface area contributed by atoms with E-state index >= 15 is 0 Å². The van der Waals surface area contributed by atoms with Crippen molar-refractivity contribution in [2.75, 3.05) is 6.54 Å². The molecule has 1 atom stereocenters. The predicted molar refractivity (Wildman–Crippen MR) is 90.9 cm³/mol. The number of hydrogen-bond acceptors (Lipinski definition) is 3. The number of pyridine rings is 1. The van der Waals surface area contributed by atoms with Crippen molar-refractivity contribution in [1.29, 1.82) is 0 Å². The first-order valence-corrected chi connectivity index (χ1v) is 8.30. The van der Waals surface area contributed by atoms with Crippen LogP contribution < -0.4 is 5.32 Å². The normalized spacial score (nSPS) is 12.7. The molecule has 1 unspecified atom stereocenters. The molecular formula is C18H20N2S. The third-order valence-electron chi connectivity index (χ3n) is 3.72. The number of aromatic nitrogens is 1. The first-order valence-electron chi connectivity index (χ1n) is 7.42. The Morgan fingerprint density at radius 1 is 1.14 bits per heavy atom. The van der Waals surface area contributed by atoms with Crippen molar-refractivity contribution in [3.05, 3.63) is 64.0 Å². The third kappa shape index (κ3) is 2.99. The van der Waals surface area contributed by atoms with E-state index in [0.29, 0.717) is 0 Å². The average Bonchev–Trinajstić information content (AvgIpc) is 2.94. The fraction of sp³-hybridized carbons (Fsp3) is 0.278. The number of benzene rings is 1. The molecule has 3 heteroatoms. The number of rotatable bonds is 5. The predicted octanol–water partition coefficient (Wildman–Crippen LogP) is 4.69. The highest BCUT2D eigenvalue weighted by Crippen LogP contribution is 2.28. The minimum Gasteiger partial charge on any atom is -0.305 e. The maximum atomic E-state index is 4.87. The number of aryl methyl sites for hydroxylation is 1. The molecule has 21 heavy (non-hydrogen) atoms. The first kappa shape index (κ1) is 14.2. The van der Waals surface area contributed by atoms with Gasteiger partial charge < -0.3 is 5.32 Å². The number of para-hydroxylation sites is 1. The Balaban J connectivity index is 2.03. The summed E-state index contributed by atoms with van der Waals surface area (Å²) in [6.45, 7) is 5.37. The van der Waals surface area contributed by atoms with E-state index in [9.17, 15) is 0 Å². The highest BCUT2D eigenvalue weighted by molar-refractivity contribution is 7.10. The summed E-state index contributed by atoms with van der Waals surface area (Å²) in [4.78, 5) is 6.23. The summed E-state index contributed by atoms with van der Waals surface area (Å²) in [5, 5.41) is 6.99. The Morgan fingerprint density at radius 2 is 2.00 bits per heavy atom. The topological polar surface area (TPSA) is 24.9 Å². The largest absolute Gasteiger partial charge is 0.305 e. The fourth-order valence-corrected chi connectivity index (χ4v) is 3.34. The van der Waals surface area contributed by atoms with Gasteiger partial charge in [0.15, 0.2) is 0 Å². The van der Waals surface area contributed by atoms with Gasteiger partial charge in [-0.05, 0) is 49.0 Å². The van der Waals surface area contributed by atoms with Gasteiger partial charge in [-0.15, -0.1) is 11.3 Å². The van der Waals surface area contributed by atoms with E-state index in [0.717, 1.165) is 24.2 Å². The molecule has 0 radical (unpaired) electrons. The number of nitrogens with one attached hydrogen (secondary N) is 1. The molecule has 1 N–H and O–H groups in total. The second kappa shape index (κ2) is 6.37. The van der Waals surface area contributed by atoms with Gasteiger partial charge in [0.2, 0.25) is 0 Å². The molecule has 0 saturated heterocycles. The number of nitrogens with zero attached hydrogens (tertiary/aromatic N) is 1. The van der Waals surface area contributed by atoms with E-state index in [-0.39, 0.29) is 6.04 Å². The van der Waals surface area contributed by atoms with E-state index < -0.39 is 0 Å². The summed E-state index contributed by atoms with van der Waals surface area (Å²) >= 11 is 1.80. The molecule has 108 valence electrons. The van der Waals surface area contributed by atoms with Crippen LogP contribution in [0.25, 0.3) is 10.9 Å². The third-order valence-corrected chi connectivity index (χ3v) is 4.59. The molecule has 0 fully saturated rings. The molecule has 0 aliphatic carbocycles. The zero-order valence-corrected chi connectivity index (χ0v) is 13.3. The lowest BCUT2D eigenvalue weighted by molar-refractivity contribution is 0.587. The van der Waals surface area contributed by atoms with Crippen LogP contribution in [0, 0.1) is 6.92 Å². The number of fused-ring (bicyclic) bond motifs is 1. The standard InChI is InChI=1S/C18H20N2S/c1-3-11-19-18(15-10-12-21-13(15)2)17-9-8-14-6-4-5-7-16(14)20-17/h4-10,12,18-19H,3,11H2,1-2H3. The van der Waals surface area contributed by atoms with Crippen LogP contribution in [0.5, 0.6) is 0 Å². The van der Waals surface area contributed by atoms with Gasteiger partial charge in [-0.1, -0.05) is 31.2 Å². The van der Waals surface area contributed by atoms with Crippen molar-refractivity contribution < 1.29 is 0 Å². The molecule has 1 aromatic carbocycles. The highest BCUT2D eigenvalue weighted by atomic mass is 32.1. The van der Waals surface area contributed by atoms with E-state index in [1.54, 1.807) is 11.3 Å². The van der Waals surface area contributed by atoms with Crippen LogP contribution in [0.15, 0.2) is 47.8 Å². The van der Waals surface area contributed by atoms with Crippen LogP contribution in [0.4, 0.5) is 0 Å². The van der Waals surface area contributed by atoms with Gasteiger partial charge >= 0.3 is 0 Å². The maximum absolute atomic E-state index is 4.87. The van der Waals surface area contributed by atoms with Gasteiger partial charge in [-0.25, -0.2) is 0 Å². The van der Waals surface area contributed by atoms with Crippen LogP contribution in [-0.4, -0.2) is 11.5 Å². The van der Waals surface area contributed by atoms with Crippen molar-refractivity contribution in [2.45, 2.75) is 26.3 Å². The number of thiophene rings is 1. The zero-order chi connectivity index (χ0) is 14.7. The second-order valence-corrected chi connectivity index (χ2v) is 6.37. The Morgan fingerprint density at radius 3 is 2.76 bits per heavy atom. The maximum Gasteiger partial charge on any atom is 0.0762 e. The van der Waals surface area contributed by atoms with Crippen LogP contribution in [0.2, 0.25) is 0 Å². The Kier molecular flexibility index (Phi) is 4.32. The lowest BCUT2D eigenvalue weighted by atomic mass is 10.0. The SMILES string of the molecule is CCCNC(c1ccc2ccccc2n1)c1ccsc1C. The minimum atomic E-state index is 0.181. The van der Waals surface area contributed by atoms with Gasteiger partial charge in [0.25, 0.3) is 0 Å². The molecule has 3 rings (SSSR count). The van der Waals surface area contributed by atoms with Crippen molar-refractivity contribution in [3.8, 4) is 0 Å². The molecule has 0 amide bonds. The highest BCUT2D eigenvalue weighted by Gasteiger charge is 2.17. The van der Waals surface area contributed by atoms with Crippen LogP contribution in [-0.2, 0) is 0 Å². The molecule has 2 heterocycles. The van der Waals surface area contributed by atoms with Crippen molar-refractivity contribution in [3.63, 3.8) is 0 Å². The molecule has 0 spiro atoms. The van der Waals surface area contributed by atoms with Crippen LogP contribution in [0.1, 0.15) is 35.5 Å². The summed E-state index contributed by atoms with van der Waals surface area (Å²) in [5.74, 6) is 0. The molecule has 0 bridgehead atoms. The average molecular weight is 296 g/mol. The molecular weight excluding hydrogens is 276 g/mol. The van der Waals surface area contributed by atoms with Crippen LogP contribution >= 0.6 is 11.3 Å². The quantitative estimate of drug-likeness (QED) is 0.738. The monoisotopic (exact) mass is 296 g/mol. The first-order chi connectivity index (χ1) is 10.3. The van der Waals surface area contributed by atoms with E-state index in [1.165, 1.54) is 15.8 Å². The molecule has 0 saturated carbocycles. The van der Waals surface area contributed by atoms with Crippen molar-refractivity contribution in [2.24, 2.45) is 0 Å². The lowest BCUT2D eigenvalue weighted by Crippen LogP contribution is -2.24. The van der Waals surface area contributed by atoms with Gasteiger partial charge in [-0.3, -0.25) is 4.98 Å². The summed E-state index contributed by atoms with van der Waals surface area (Å²) in [6, 6.07) is 15.0. The molecule has 2 aromatic heterocycles. The number of hydrogen-bond donors (Lipinski definition) is 1. The van der Waals surface area contributed by atoms with E-state index in [1.807, 2.05) is 6.07 Å². The summed E-state index contributed by atoms with van der Waals surface area (Å²) in [5.41, 5.74) is 3.51. The Bertz CT molecular complexity index is 733. The lowest BCUT2D eigenvalue weighted by Gasteiger charge is -2.19. The summed E-state index contributed by atoms with van der Waals surface area (Å²) in [7, 11) is 0. The molecule has 2 nitrogen and oxygen atoms in total. The van der Waals surface area contributed by atoms with Gasteiger partial charge in [0.05, 0.1) is 17.3 Å². The smallest absolute Gasteiger partial charge is 0.0762 e. The van der Waals surface area contributed by atoms with Gasteiger partial charge in [0.1, 0.15) is 0 Å². The summed E-state index contributed by atoms with van der Waals surface area (Å²) < 4.78 is 0. The molecule has 3 aromatic rings. The molecule has 0 aliphatic heterocycles. The van der Waals surface area contributed by atoms with Gasteiger partial charge in [-0.2, -0.15) is 0 Å². The summed E-state index contributed by atoms with van der Waals surface area (Å²) in [6.07, 6.45) is 1.12. The minimum absolute atomic E-state index is 0.181. The Labute approximate surface area is 129 Å². The van der Waals surface area contributed by atoms with E-state index in [2.05, 4.69) is 60.9 Å².